The molecule has 0 saturated heterocycles. The van der Waals surface area contributed by atoms with E-state index in [9.17, 15) is 14.4 Å². The Labute approximate surface area is 501 Å². The zero-order valence-corrected chi connectivity index (χ0v) is 53.3. The smallest absolute Gasteiger partial charge is 0.306 e. The third kappa shape index (κ3) is 66.8. The van der Waals surface area contributed by atoms with Crippen molar-refractivity contribution < 1.29 is 28.6 Å². The minimum Gasteiger partial charge on any atom is -0.462 e. The van der Waals surface area contributed by atoms with Gasteiger partial charge in [0.2, 0.25) is 0 Å². The van der Waals surface area contributed by atoms with Gasteiger partial charge in [0, 0.05) is 19.3 Å². The van der Waals surface area contributed by atoms with Crippen molar-refractivity contribution in [3.8, 4) is 0 Å². The number of allylic oxidation sites excluding steroid dienone is 18. The molecule has 0 radical (unpaired) electrons. The Morgan fingerprint density at radius 3 is 0.765 bits per heavy atom. The van der Waals surface area contributed by atoms with E-state index in [1.807, 2.05) is 0 Å². The lowest BCUT2D eigenvalue weighted by Crippen LogP contribution is -2.30. The van der Waals surface area contributed by atoms with Gasteiger partial charge in [-0.05, 0) is 109 Å². The highest BCUT2D eigenvalue weighted by molar-refractivity contribution is 5.71. The monoisotopic (exact) mass is 1120 g/mol. The average molecular weight is 1130 g/mol. The van der Waals surface area contributed by atoms with Crippen LogP contribution in [-0.4, -0.2) is 37.2 Å². The fourth-order valence-electron chi connectivity index (χ4n) is 9.63. The zero-order valence-electron chi connectivity index (χ0n) is 53.3. The fourth-order valence-corrected chi connectivity index (χ4v) is 9.63. The van der Waals surface area contributed by atoms with E-state index in [4.69, 9.17) is 14.2 Å². The Morgan fingerprint density at radius 1 is 0.259 bits per heavy atom. The van der Waals surface area contributed by atoms with Crippen molar-refractivity contribution in [1.82, 2.24) is 0 Å². The summed E-state index contributed by atoms with van der Waals surface area (Å²) in [5.74, 6) is -0.876. The van der Waals surface area contributed by atoms with Gasteiger partial charge in [0.1, 0.15) is 13.2 Å². The second-order valence-electron chi connectivity index (χ2n) is 22.7. The Bertz CT molecular complexity index is 1620. The summed E-state index contributed by atoms with van der Waals surface area (Å²) in [5, 5.41) is 0. The first kappa shape index (κ1) is 77.1. The topological polar surface area (TPSA) is 78.9 Å². The van der Waals surface area contributed by atoms with E-state index in [1.54, 1.807) is 0 Å². The van der Waals surface area contributed by atoms with Crippen molar-refractivity contribution in [3.05, 3.63) is 109 Å². The number of unbranched alkanes of at least 4 members (excludes halogenated alkanes) is 33. The van der Waals surface area contributed by atoms with Crippen molar-refractivity contribution in [2.75, 3.05) is 13.2 Å². The molecule has 6 heteroatoms. The Balaban J connectivity index is 4.18. The van der Waals surface area contributed by atoms with Crippen LogP contribution in [0.25, 0.3) is 0 Å². The lowest BCUT2D eigenvalue weighted by atomic mass is 10.1. The van der Waals surface area contributed by atoms with E-state index in [1.165, 1.54) is 180 Å². The molecule has 0 spiro atoms. The lowest BCUT2D eigenvalue weighted by Gasteiger charge is -2.18. The quantitative estimate of drug-likeness (QED) is 0.0261. The number of esters is 3. The minimum atomic E-state index is -0.780. The van der Waals surface area contributed by atoms with Crippen LogP contribution >= 0.6 is 0 Å². The summed E-state index contributed by atoms with van der Waals surface area (Å²) in [6.45, 7) is 6.53. The molecule has 0 aromatic rings. The lowest BCUT2D eigenvalue weighted by molar-refractivity contribution is -0.167. The van der Waals surface area contributed by atoms with E-state index in [2.05, 4.69) is 130 Å². The first-order valence-electron chi connectivity index (χ1n) is 34.4. The summed E-state index contributed by atoms with van der Waals surface area (Å²) >= 11 is 0. The predicted octanol–water partition coefficient (Wildman–Crippen LogP) is 23.8. The maximum absolute atomic E-state index is 12.9. The van der Waals surface area contributed by atoms with Gasteiger partial charge in [-0.3, -0.25) is 14.4 Å². The van der Waals surface area contributed by atoms with Crippen molar-refractivity contribution in [1.29, 1.82) is 0 Å². The molecular weight excluding hydrogens is 997 g/mol. The number of hydrogen-bond donors (Lipinski definition) is 0. The van der Waals surface area contributed by atoms with Gasteiger partial charge in [0.25, 0.3) is 0 Å². The highest BCUT2D eigenvalue weighted by Gasteiger charge is 2.19. The molecule has 1 atom stereocenters. The SMILES string of the molecule is CC/C=C\C/C=C\C/C=C\C/C=C\C/C=C\C/C=C\C/C=C\C/C=C\CCCCCCCCCCCCC(=O)OCC(COC(=O)CCCCCCCCCCCC)OC(=O)CCCCCCCCC/C=C\CCCCCCCCC. The summed E-state index contributed by atoms with van der Waals surface area (Å²) in [4.78, 5) is 38.3. The van der Waals surface area contributed by atoms with Gasteiger partial charge in [-0.25, -0.2) is 0 Å². The van der Waals surface area contributed by atoms with Crippen molar-refractivity contribution in [2.45, 2.75) is 335 Å². The summed E-state index contributed by atoms with van der Waals surface area (Å²) in [6.07, 6.45) is 94.0. The molecule has 0 bridgehead atoms. The Kier molecular flexibility index (Phi) is 65.2. The zero-order chi connectivity index (χ0) is 58.5. The average Bonchev–Trinajstić information content (AvgIpc) is 3.47. The Hall–Kier alpha value is -3.93. The molecule has 6 nitrogen and oxygen atoms in total. The number of rotatable bonds is 62. The summed E-state index contributed by atoms with van der Waals surface area (Å²) < 4.78 is 16.9. The van der Waals surface area contributed by atoms with Crippen molar-refractivity contribution >= 4 is 17.9 Å². The summed E-state index contributed by atoms with van der Waals surface area (Å²) in [5.41, 5.74) is 0. The molecule has 0 N–H and O–H groups in total. The number of carbonyl (C=O) groups is 3. The normalized spacial score (nSPS) is 12.8. The molecule has 0 saturated carbocycles. The van der Waals surface area contributed by atoms with Gasteiger partial charge in [-0.15, -0.1) is 0 Å². The van der Waals surface area contributed by atoms with Crippen LogP contribution in [0.2, 0.25) is 0 Å². The maximum atomic E-state index is 12.9. The van der Waals surface area contributed by atoms with Gasteiger partial charge >= 0.3 is 17.9 Å². The summed E-state index contributed by atoms with van der Waals surface area (Å²) in [7, 11) is 0. The number of hydrogen-bond acceptors (Lipinski definition) is 6. The molecule has 0 amide bonds. The van der Waals surface area contributed by atoms with Crippen LogP contribution in [-0.2, 0) is 28.6 Å². The highest BCUT2D eigenvalue weighted by Crippen LogP contribution is 2.16. The third-order valence-corrected chi connectivity index (χ3v) is 14.8. The van der Waals surface area contributed by atoms with Gasteiger partial charge in [-0.1, -0.05) is 310 Å². The first-order valence-corrected chi connectivity index (χ1v) is 34.4. The highest BCUT2D eigenvalue weighted by atomic mass is 16.6. The Morgan fingerprint density at radius 2 is 0.481 bits per heavy atom. The van der Waals surface area contributed by atoms with Gasteiger partial charge in [0.15, 0.2) is 6.10 Å². The molecule has 81 heavy (non-hydrogen) atoms. The first-order chi connectivity index (χ1) is 40.0. The number of carbonyl (C=O) groups excluding carboxylic acids is 3. The van der Waals surface area contributed by atoms with Gasteiger partial charge in [-0.2, -0.15) is 0 Å². The largest absolute Gasteiger partial charge is 0.462 e. The van der Waals surface area contributed by atoms with Crippen molar-refractivity contribution in [3.63, 3.8) is 0 Å². The maximum Gasteiger partial charge on any atom is 0.306 e. The molecule has 0 aromatic carbocycles. The second-order valence-corrected chi connectivity index (χ2v) is 22.7. The third-order valence-electron chi connectivity index (χ3n) is 14.8. The molecule has 464 valence electrons. The van der Waals surface area contributed by atoms with E-state index >= 15 is 0 Å². The minimum absolute atomic E-state index is 0.0773. The van der Waals surface area contributed by atoms with Crippen LogP contribution in [0.4, 0.5) is 0 Å². The predicted molar refractivity (Wildman–Crippen MR) is 353 cm³/mol. The number of ether oxygens (including phenoxy) is 3. The van der Waals surface area contributed by atoms with E-state index in [0.29, 0.717) is 19.3 Å². The van der Waals surface area contributed by atoms with Crippen LogP contribution in [0.3, 0.4) is 0 Å². The van der Waals surface area contributed by atoms with E-state index in [-0.39, 0.29) is 31.1 Å². The second kappa shape index (κ2) is 68.6. The molecular formula is C75H128O6. The van der Waals surface area contributed by atoms with Gasteiger partial charge in [0.05, 0.1) is 0 Å². The van der Waals surface area contributed by atoms with Crippen LogP contribution in [0, 0.1) is 0 Å². The fraction of sp³-hybridized carbons (Fsp3) is 0.720. The van der Waals surface area contributed by atoms with Crippen LogP contribution in [0.5, 0.6) is 0 Å². The summed E-state index contributed by atoms with van der Waals surface area (Å²) in [6, 6.07) is 0. The van der Waals surface area contributed by atoms with E-state index < -0.39 is 6.10 Å². The molecule has 0 heterocycles. The van der Waals surface area contributed by atoms with Gasteiger partial charge < -0.3 is 14.2 Å². The van der Waals surface area contributed by atoms with Crippen LogP contribution in [0.1, 0.15) is 329 Å². The molecule has 0 fully saturated rings. The molecule has 0 aliphatic heterocycles. The van der Waals surface area contributed by atoms with Crippen LogP contribution < -0.4 is 0 Å². The van der Waals surface area contributed by atoms with Crippen LogP contribution in [0.15, 0.2) is 109 Å². The van der Waals surface area contributed by atoms with Crippen molar-refractivity contribution in [2.24, 2.45) is 0 Å². The van der Waals surface area contributed by atoms with E-state index in [0.717, 1.165) is 109 Å². The molecule has 0 rings (SSSR count). The molecule has 0 aliphatic rings. The molecule has 0 aliphatic carbocycles. The standard InChI is InChI=1S/C75H128O6/c1-4-7-10-13-16-19-22-24-26-28-30-31-32-33-34-35-36-37-38-39-40-41-42-43-44-45-46-48-49-51-53-56-59-62-65-68-74(77)80-71-72(70-79-73(76)67-64-61-58-55-21-18-15-12-9-6-3)81-75(78)69-66-63-60-57-54-52-50-47-29-27-25-23-20-17-14-11-8-5-2/h7,10,16,19,24,26-27,29-31,33-34,36-37,39-40,42-43,72H,4-6,8-9,11-15,17-18,20-23,25,28,32,35,38,41,44-71H2,1-3H3/b10-7-,19-16-,26-24-,29-27-,31-30-,34-33-,37-36-,40-39-,43-42-. The molecule has 0 aromatic heterocycles. The molecule has 1 unspecified atom stereocenters.